The highest BCUT2D eigenvalue weighted by molar-refractivity contribution is 5.30. The van der Waals surface area contributed by atoms with E-state index in [2.05, 4.69) is 15.5 Å². The molecule has 0 amide bonds. The van der Waals surface area contributed by atoms with E-state index in [1.807, 2.05) is 19.9 Å². The Morgan fingerprint density at radius 1 is 1.47 bits per heavy atom. The number of aromatic nitrogens is 2. The Hall–Kier alpha value is -1.88. The summed E-state index contributed by atoms with van der Waals surface area (Å²) in [6, 6.07) is 5.06. The number of aryl methyl sites for hydroxylation is 1. The van der Waals surface area contributed by atoms with Crippen LogP contribution < -0.4 is 10.1 Å². The molecule has 1 atom stereocenters. The van der Waals surface area contributed by atoms with Crippen LogP contribution in [0.25, 0.3) is 0 Å². The molecule has 0 fully saturated rings. The molecule has 2 aromatic rings. The third-order valence-electron chi connectivity index (χ3n) is 3.21. The molecule has 0 bridgehead atoms. The number of nitrogens with zero attached hydrogens (tertiary/aromatic N) is 1. The number of methoxy groups -OCH3 is 1. The third-order valence-corrected chi connectivity index (χ3v) is 3.21. The Morgan fingerprint density at radius 3 is 2.84 bits per heavy atom. The molecule has 4 nitrogen and oxygen atoms in total. The van der Waals surface area contributed by atoms with Crippen LogP contribution in [-0.2, 0) is 6.54 Å². The van der Waals surface area contributed by atoms with Crippen molar-refractivity contribution in [1.82, 2.24) is 15.5 Å². The van der Waals surface area contributed by atoms with E-state index in [1.54, 1.807) is 12.3 Å². The van der Waals surface area contributed by atoms with Crippen molar-refractivity contribution in [3.63, 3.8) is 0 Å². The average molecular weight is 263 g/mol. The van der Waals surface area contributed by atoms with Gasteiger partial charge in [-0.05, 0) is 31.5 Å². The van der Waals surface area contributed by atoms with Crippen LogP contribution in [-0.4, -0.2) is 17.3 Å². The van der Waals surface area contributed by atoms with Gasteiger partial charge in [-0.2, -0.15) is 5.10 Å². The first-order valence-corrected chi connectivity index (χ1v) is 6.17. The zero-order chi connectivity index (χ0) is 13.8. The van der Waals surface area contributed by atoms with E-state index in [0.717, 1.165) is 16.8 Å². The van der Waals surface area contributed by atoms with Gasteiger partial charge in [-0.3, -0.25) is 5.10 Å². The lowest BCUT2D eigenvalue weighted by Crippen LogP contribution is -2.18. The molecule has 2 N–H and O–H groups in total. The van der Waals surface area contributed by atoms with E-state index in [-0.39, 0.29) is 17.6 Å². The van der Waals surface area contributed by atoms with Crippen molar-refractivity contribution in [3.05, 3.63) is 47.0 Å². The van der Waals surface area contributed by atoms with Crippen LogP contribution in [0.2, 0.25) is 0 Å². The fourth-order valence-electron chi connectivity index (χ4n) is 1.89. The number of ether oxygens (including phenoxy) is 1. The SMILES string of the molecule is COc1ccc([C@@H](C)NCc2cn[nH]c2C)cc1F. The molecule has 0 saturated carbocycles. The van der Waals surface area contributed by atoms with E-state index in [4.69, 9.17) is 4.74 Å². The molecule has 0 aliphatic rings. The van der Waals surface area contributed by atoms with E-state index < -0.39 is 0 Å². The maximum atomic E-state index is 13.6. The zero-order valence-corrected chi connectivity index (χ0v) is 11.3. The fourth-order valence-corrected chi connectivity index (χ4v) is 1.89. The van der Waals surface area contributed by atoms with E-state index in [9.17, 15) is 4.39 Å². The Labute approximate surface area is 112 Å². The van der Waals surface area contributed by atoms with Gasteiger partial charge in [-0.1, -0.05) is 6.07 Å². The number of rotatable bonds is 5. The molecule has 0 aliphatic carbocycles. The van der Waals surface area contributed by atoms with Gasteiger partial charge in [0.2, 0.25) is 0 Å². The van der Waals surface area contributed by atoms with E-state index in [0.29, 0.717) is 6.54 Å². The second-order valence-corrected chi connectivity index (χ2v) is 4.52. The summed E-state index contributed by atoms with van der Waals surface area (Å²) in [6.45, 7) is 4.66. The van der Waals surface area contributed by atoms with Crippen molar-refractivity contribution in [2.75, 3.05) is 7.11 Å². The number of nitrogens with one attached hydrogen (secondary N) is 2. The van der Waals surface area contributed by atoms with Gasteiger partial charge in [0.25, 0.3) is 0 Å². The van der Waals surface area contributed by atoms with Gasteiger partial charge < -0.3 is 10.1 Å². The second kappa shape index (κ2) is 5.84. The number of H-pyrrole nitrogens is 1. The van der Waals surface area contributed by atoms with Crippen LogP contribution in [0.5, 0.6) is 5.75 Å². The highest BCUT2D eigenvalue weighted by atomic mass is 19.1. The summed E-state index contributed by atoms with van der Waals surface area (Å²) in [7, 11) is 1.46. The average Bonchev–Trinajstić information content (AvgIpc) is 2.81. The van der Waals surface area contributed by atoms with Crippen LogP contribution in [0.3, 0.4) is 0 Å². The predicted molar refractivity (Wildman–Crippen MR) is 71.5 cm³/mol. The van der Waals surface area contributed by atoms with Gasteiger partial charge in [-0.15, -0.1) is 0 Å². The highest BCUT2D eigenvalue weighted by Gasteiger charge is 2.10. The number of aromatic amines is 1. The third kappa shape index (κ3) is 3.12. The molecule has 1 aromatic heterocycles. The minimum atomic E-state index is -0.340. The van der Waals surface area contributed by atoms with Crippen molar-refractivity contribution in [1.29, 1.82) is 0 Å². The summed E-state index contributed by atoms with van der Waals surface area (Å²) in [5.74, 6) is -0.0743. The van der Waals surface area contributed by atoms with Gasteiger partial charge in [-0.25, -0.2) is 4.39 Å². The van der Waals surface area contributed by atoms with Crippen LogP contribution in [0.15, 0.2) is 24.4 Å². The number of hydrogen-bond donors (Lipinski definition) is 2. The Bertz CT molecular complexity index is 553. The summed E-state index contributed by atoms with van der Waals surface area (Å²) in [4.78, 5) is 0. The summed E-state index contributed by atoms with van der Waals surface area (Å²) < 4.78 is 18.5. The molecule has 0 spiro atoms. The summed E-state index contributed by atoms with van der Waals surface area (Å²) >= 11 is 0. The lowest BCUT2D eigenvalue weighted by molar-refractivity contribution is 0.385. The lowest BCUT2D eigenvalue weighted by Gasteiger charge is -2.15. The molecular formula is C14H18FN3O. The second-order valence-electron chi connectivity index (χ2n) is 4.52. The Kier molecular flexibility index (Phi) is 4.16. The van der Waals surface area contributed by atoms with Crippen LogP contribution in [0.4, 0.5) is 4.39 Å². The molecule has 19 heavy (non-hydrogen) atoms. The minimum Gasteiger partial charge on any atom is -0.494 e. The molecule has 1 aromatic carbocycles. The van der Waals surface area contributed by atoms with Gasteiger partial charge in [0, 0.05) is 23.8 Å². The van der Waals surface area contributed by atoms with Gasteiger partial charge in [0.05, 0.1) is 13.3 Å². The number of benzene rings is 1. The first-order chi connectivity index (χ1) is 9.11. The van der Waals surface area contributed by atoms with Gasteiger partial charge in [0.15, 0.2) is 11.6 Å². The summed E-state index contributed by atoms with van der Waals surface area (Å²) in [6.07, 6.45) is 1.80. The molecule has 1 heterocycles. The molecule has 0 saturated heterocycles. The topological polar surface area (TPSA) is 49.9 Å². The lowest BCUT2D eigenvalue weighted by atomic mass is 10.1. The molecule has 0 aliphatic heterocycles. The van der Waals surface area contributed by atoms with Crippen molar-refractivity contribution in [2.45, 2.75) is 26.4 Å². The monoisotopic (exact) mass is 263 g/mol. The van der Waals surface area contributed by atoms with Gasteiger partial charge in [0.1, 0.15) is 0 Å². The standard InChI is InChI=1S/C14H18FN3O/c1-9(16-7-12-8-17-18-10(12)2)11-4-5-14(19-3)13(15)6-11/h4-6,8-9,16H,7H2,1-3H3,(H,17,18)/t9-/m1/s1. The highest BCUT2D eigenvalue weighted by Crippen LogP contribution is 2.22. The van der Waals surface area contributed by atoms with Crippen molar-refractivity contribution in [3.8, 4) is 5.75 Å². The predicted octanol–water partition coefficient (Wildman–Crippen LogP) is 2.72. The Morgan fingerprint density at radius 2 is 2.26 bits per heavy atom. The fraction of sp³-hybridized carbons (Fsp3) is 0.357. The Balaban J connectivity index is 2.02. The largest absolute Gasteiger partial charge is 0.494 e. The zero-order valence-electron chi connectivity index (χ0n) is 11.3. The quantitative estimate of drug-likeness (QED) is 0.872. The molecule has 102 valence electrons. The first-order valence-electron chi connectivity index (χ1n) is 6.17. The molecule has 0 unspecified atom stereocenters. The van der Waals surface area contributed by atoms with Crippen molar-refractivity contribution < 1.29 is 9.13 Å². The maximum absolute atomic E-state index is 13.6. The summed E-state index contributed by atoms with van der Waals surface area (Å²) in [5.41, 5.74) is 3.04. The maximum Gasteiger partial charge on any atom is 0.165 e. The van der Waals surface area contributed by atoms with Crippen LogP contribution >= 0.6 is 0 Å². The molecule has 2 rings (SSSR count). The molecule has 5 heteroatoms. The van der Waals surface area contributed by atoms with E-state index in [1.165, 1.54) is 13.2 Å². The minimum absolute atomic E-state index is 0.0507. The van der Waals surface area contributed by atoms with Crippen molar-refractivity contribution >= 4 is 0 Å². The number of halogens is 1. The van der Waals surface area contributed by atoms with E-state index >= 15 is 0 Å². The number of hydrogen-bond acceptors (Lipinski definition) is 3. The normalized spacial score (nSPS) is 12.4. The first kappa shape index (κ1) is 13.5. The molecule has 0 radical (unpaired) electrons. The smallest absolute Gasteiger partial charge is 0.165 e. The molecular weight excluding hydrogens is 245 g/mol. The van der Waals surface area contributed by atoms with Crippen LogP contribution in [0, 0.1) is 12.7 Å². The van der Waals surface area contributed by atoms with Crippen molar-refractivity contribution in [2.24, 2.45) is 0 Å². The summed E-state index contributed by atoms with van der Waals surface area (Å²) in [5, 5.41) is 10.2. The van der Waals surface area contributed by atoms with Gasteiger partial charge >= 0.3 is 0 Å². The van der Waals surface area contributed by atoms with Crippen LogP contribution in [0.1, 0.15) is 29.8 Å².